The van der Waals surface area contributed by atoms with Crippen LogP contribution in [0.2, 0.25) is 0 Å². The van der Waals surface area contributed by atoms with Crippen molar-refractivity contribution < 1.29 is 5.11 Å². The maximum Gasteiger partial charge on any atom is 0.115 e. The van der Waals surface area contributed by atoms with Gasteiger partial charge in [0.25, 0.3) is 0 Å². The van der Waals surface area contributed by atoms with Gasteiger partial charge in [0.15, 0.2) is 0 Å². The second kappa shape index (κ2) is 5.71. The maximum atomic E-state index is 8.63. The molecule has 0 heterocycles. The van der Waals surface area contributed by atoms with Gasteiger partial charge in [-0.3, -0.25) is 0 Å². The van der Waals surface area contributed by atoms with Crippen LogP contribution < -0.4 is 0 Å². The van der Waals surface area contributed by atoms with Gasteiger partial charge in [-0.25, -0.2) is 0 Å². The lowest BCUT2D eigenvalue weighted by atomic mass is 10.1. The Morgan fingerprint density at radius 3 is 1.12 bits per heavy atom. The van der Waals surface area contributed by atoms with Crippen molar-refractivity contribution in [3.8, 4) is 5.75 Å². The summed E-state index contributed by atoms with van der Waals surface area (Å²) in [6.07, 6.45) is 0. The summed E-state index contributed by atoms with van der Waals surface area (Å²) in [6.45, 7) is 0. The summed E-state index contributed by atoms with van der Waals surface area (Å²) in [5.41, 5.74) is 0. The van der Waals surface area contributed by atoms with Gasteiger partial charge in [0.05, 0.1) is 0 Å². The van der Waals surface area contributed by atoms with Crippen LogP contribution in [0.25, 0.3) is 10.8 Å². The summed E-state index contributed by atoms with van der Waals surface area (Å²) in [4.78, 5) is 0. The van der Waals surface area contributed by atoms with E-state index in [9.17, 15) is 0 Å². The first-order chi connectivity index (χ1) is 8.36. The predicted octanol–water partition coefficient (Wildman–Crippen LogP) is 4.23. The first-order valence-corrected chi connectivity index (χ1v) is 5.54. The van der Waals surface area contributed by atoms with Crippen molar-refractivity contribution in [3.63, 3.8) is 0 Å². The van der Waals surface area contributed by atoms with Crippen molar-refractivity contribution in [2.45, 2.75) is 0 Å². The van der Waals surface area contributed by atoms with Crippen LogP contribution in [-0.4, -0.2) is 5.11 Å². The molecule has 0 aliphatic rings. The van der Waals surface area contributed by atoms with Crippen LogP contribution in [0.15, 0.2) is 78.9 Å². The van der Waals surface area contributed by atoms with Gasteiger partial charge in [0.1, 0.15) is 5.75 Å². The Morgan fingerprint density at radius 2 is 0.824 bits per heavy atom. The highest BCUT2D eigenvalue weighted by Crippen LogP contribution is 2.11. The van der Waals surface area contributed by atoms with Crippen molar-refractivity contribution >= 4 is 10.8 Å². The van der Waals surface area contributed by atoms with Gasteiger partial charge < -0.3 is 5.11 Å². The van der Waals surface area contributed by atoms with Crippen LogP contribution in [-0.2, 0) is 0 Å². The Bertz CT molecular complexity index is 508. The van der Waals surface area contributed by atoms with Crippen LogP contribution in [0.5, 0.6) is 5.75 Å². The Labute approximate surface area is 101 Å². The monoisotopic (exact) mass is 222 g/mol. The van der Waals surface area contributed by atoms with Crippen molar-refractivity contribution in [1.29, 1.82) is 0 Å². The second-order valence-electron chi connectivity index (χ2n) is 3.68. The van der Waals surface area contributed by atoms with Gasteiger partial charge in [0, 0.05) is 0 Å². The van der Waals surface area contributed by atoms with Crippen LogP contribution in [0.4, 0.5) is 0 Å². The molecule has 0 saturated carbocycles. The lowest BCUT2D eigenvalue weighted by Crippen LogP contribution is -1.67. The normalized spacial score (nSPS) is 9.41. The molecular weight excluding hydrogens is 208 g/mol. The highest BCUT2D eigenvalue weighted by Gasteiger charge is 1.85. The summed E-state index contributed by atoms with van der Waals surface area (Å²) in [5, 5.41) is 11.3. The summed E-state index contributed by atoms with van der Waals surface area (Å²) >= 11 is 0. The molecule has 0 aliphatic heterocycles. The molecule has 0 spiro atoms. The van der Waals surface area contributed by atoms with Crippen LogP contribution in [0, 0.1) is 0 Å². The molecule has 84 valence electrons. The molecule has 1 N–H and O–H groups in total. The topological polar surface area (TPSA) is 20.2 Å². The third-order valence-electron chi connectivity index (χ3n) is 2.41. The van der Waals surface area contributed by atoms with Crippen LogP contribution >= 0.6 is 0 Å². The molecule has 0 fully saturated rings. The number of phenols is 1. The minimum atomic E-state index is 0.322. The fourth-order valence-corrected chi connectivity index (χ4v) is 1.56. The van der Waals surface area contributed by atoms with E-state index in [4.69, 9.17) is 5.11 Å². The van der Waals surface area contributed by atoms with E-state index >= 15 is 0 Å². The molecule has 0 amide bonds. The third-order valence-corrected chi connectivity index (χ3v) is 2.41. The molecule has 3 aromatic rings. The number of hydrogen-bond acceptors (Lipinski definition) is 1. The fraction of sp³-hybridized carbons (Fsp3) is 0. The Kier molecular flexibility index (Phi) is 3.77. The number of hydrogen-bond donors (Lipinski definition) is 1. The van der Waals surface area contributed by atoms with Crippen molar-refractivity contribution in [2.24, 2.45) is 0 Å². The quantitative estimate of drug-likeness (QED) is 0.603. The molecule has 0 bridgehead atoms. The van der Waals surface area contributed by atoms with E-state index in [1.54, 1.807) is 24.3 Å². The molecule has 0 saturated heterocycles. The predicted molar refractivity (Wildman–Crippen MR) is 72.1 cm³/mol. The van der Waals surface area contributed by atoms with Gasteiger partial charge in [-0.05, 0) is 22.9 Å². The largest absolute Gasteiger partial charge is 0.508 e. The summed E-state index contributed by atoms with van der Waals surface area (Å²) in [6, 6.07) is 25.4. The number of rotatable bonds is 0. The lowest BCUT2D eigenvalue weighted by molar-refractivity contribution is 0.475. The minimum absolute atomic E-state index is 0.322. The first kappa shape index (κ1) is 11.2. The van der Waals surface area contributed by atoms with Gasteiger partial charge in [-0.15, -0.1) is 0 Å². The van der Waals surface area contributed by atoms with E-state index in [0.717, 1.165) is 0 Å². The Morgan fingerprint density at radius 1 is 0.471 bits per heavy atom. The summed E-state index contributed by atoms with van der Waals surface area (Å²) < 4.78 is 0. The zero-order chi connectivity index (χ0) is 11.9. The first-order valence-electron chi connectivity index (χ1n) is 5.54. The summed E-state index contributed by atoms with van der Waals surface area (Å²) in [7, 11) is 0. The molecular formula is C16H14O. The third kappa shape index (κ3) is 3.35. The fourth-order valence-electron chi connectivity index (χ4n) is 1.56. The average Bonchev–Trinajstić information content (AvgIpc) is 2.41. The van der Waals surface area contributed by atoms with E-state index in [0.29, 0.717) is 5.75 Å². The number of fused-ring (bicyclic) bond motifs is 1. The van der Waals surface area contributed by atoms with Gasteiger partial charge in [0.2, 0.25) is 0 Å². The lowest BCUT2D eigenvalue weighted by Gasteiger charge is -1.92. The van der Waals surface area contributed by atoms with Crippen molar-refractivity contribution in [3.05, 3.63) is 78.9 Å². The molecule has 1 nitrogen and oxygen atoms in total. The molecule has 0 unspecified atom stereocenters. The number of aromatic hydroxyl groups is 1. The molecule has 3 rings (SSSR count). The van der Waals surface area contributed by atoms with Gasteiger partial charge in [-0.2, -0.15) is 0 Å². The molecule has 0 aromatic heterocycles. The minimum Gasteiger partial charge on any atom is -0.508 e. The Hall–Kier alpha value is -2.28. The highest BCUT2D eigenvalue weighted by atomic mass is 16.3. The van der Waals surface area contributed by atoms with Gasteiger partial charge >= 0.3 is 0 Å². The van der Waals surface area contributed by atoms with E-state index in [1.165, 1.54) is 10.8 Å². The van der Waals surface area contributed by atoms with E-state index in [-0.39, 0.29) is 0 Å². The molecule has 17 heavy (non-hydrogen) atoms. The SMILES string of the molecule is Oc1ccccc1.c1ccc2ccccc2c1. The molecule has 0 atom stereocenters. The molecule has 0 radical (unpaired) electrons. The van der Waals surface area contributed by atoms with Gasteiger partial charge in [-0.1, -0.05) is 66.7 Å². The number of benzene rings is 3. The zero-order valence-electron chi connectivity index (χ0n) is 9.45. The molecule has 3 aromatic carbocycles. The summed E-state index contributed by atoms with van der Waals surface area (Å²) in [5.74, 6) is 0.322. The maximum absolute atomic E-state index is 8.63. The van der Waals surface area contributed by atoms with E-state index < -0.39 is 0 Å². The van der Waals surface area contributed by atoms with E-state index in [1.807, 2.05) is 6.07 Å². The van der Waals surface area contributed by atoms with Crippen molar-refractivity contribution in [2.75, 3.05) is 0 Å². The Balaban J connectivity index is 0.000000136. The van der Waals surface area contributed by atoms with Crippen LogP contribution in [0.3, 0.4) is 0 Å². The van der Waals surface area contributed by atoms with Crippen LogP contribution in [0.1, 0.15) is 0 Å². The second-order valence-corrected chi connectivity index (χ2v) is 3.68. The molecule has 0 aliphatic carbocycles. The highest BCUT2D eigenvalue weighted by molar-refractivity contribution is 5.81. The average molecular weight is 222 g/mol. The standard InChI is InChI=1S/C10H8.C6H6O/c1-2-6-10-8-4-3-7-9(10)5-1;7-6-4-2-1-3-5-6/h1-8H;1-5,7H. The smallest absolute Gasteiger partial charge is 0.115 e. The van der Waals surface area contributed by atoms with E-state index in [2.05, 4.69) is 48.5 Å². The molecule has 1 heteroatoms. The number of para-hydroxylation sites is 1. The number of phenolic OH excluding ortho intramolecular Hbond substituents is 1. The zero-order valence-corrected chi connectivity index (χ0v) is 9.45. The van der Waals surface area contributed by atoms with Crippen molar-refractivity contribution in [1.82, 2.24) is 0 Å².